The molecular formula is C12H15NO2. The molecule has 1 heterocycles. The number of ether oxygens (including phenoxy) is 1. The Morgan fingerprint density at radius 3 is 2.87 bits per heavy atom. The maximum absolute atomic E-state index is 5.74. The molecule has 0 aliphatic rings. The van der Waals surface area contributed by atoms with Gasteiger partial charge in [0, 0.05) is 11.5 Å². The molecule has 2 aromatic rings. The van der Waals surface area contributed by atoms with Crippen LogP contribution in [0.2, 0.25) is 0 Å². The van der Waals surface area contributed by atoms with Crippen LogP contribution in [0.25, 0.3) is 11.0 Å². The first-order valence-corrected chi connectivity index (χ1v) is 4.97. The predicted octanol–water partition coefficient (Wildman–Crippen LogP) is 2.47. The van der Waals surface area contributed by atoms with Gasteiger partial charge in [0.15, 0.2) is 0 Å². The average Bonchev–Trinajstić information content (AvgIpc) is 2.56. The topological polar surface area (TPSA) is 34.4 Å². The molecule has 0 radical (unpaired) electrons. The predicted molar refractivity (Wildman–Crippen MR) is 60.3 cm³/mol. The van der Waals surface area contributed by atoms with Crippen LogP contribution in [0.3, 0.4) is 0 Å². The van der Waals surface area contributed by atoms with E-state index in [1.54, 1.807) is 7.11 Å². The van der Waals surface area contributed by atoms with Gasteiger partial charge in [-0.05, 0) is 31.7 Å². The number of furan rings is 1. The summed E-state index contributed by atoms with van der Waals surface area (Å²) in [5, 5.41) is 4.24. The number of rotatable bonds is 3. The van der Waals surface area contributed by atoms with Gasteiger partial charge in [0.2, 0.25) is 0 Å². The quantitative estimate of drug-likeness (QED) is 0.835. The fourth-order valence-electron chi connectivity index (χ4n) is 1.71. The molecule has 2 rings (SSSR count). The number of benzene rings is 1. The third-order valence-electron chi connectivity index (χ3n) is 2.58. The van der Waals surface area contributed by atoms with Gasteiger partial charge in [-0.15, -0.1) is 0 Å². The van der Waals surface area contributed by atoms with E-state index in [0.29, 0.717) is 0 Å². The van der Waals surface area contributed by atoms with Gasteiger partial charge in [0.25, 0.3) is 0 Å². The van der Waals surface area contributed by atoms with Crippen LogP contribution in [0.4, 0.5) is 0 Å². The van der Waals surface area contributed by atoms with Crippen molar-refractivity contribution in [3.63, 3.8) is 0 Å². The van der Waals surface area contributed by atoms with E-state index in [1.807, 2.05) is 25.2 Å². The summed E-state index contributed by atoms with van der Waals surface area (Å²) in [5.74, 6) is 1.81. The molecule has 0 aliphatic carbocycles. The zero-order chi connectivity index (χ0) is 10.8. The first kappa shape index (κ1) is 10.1. The number of nitrogens with one attached hydrogen (secondary N) is 1. The van der Waals surface area contributed by atoms with Crippen LogP contribution in [0.5, 0.6) is 5.75 Å². The van der Waals surface area contributed by atoms with Gasteiger partial charge in [-0.3, -0.25) is 0 Å². The highest BCUT2D eigenvalue weighted by molar-refractivity contribution is 5.83. The molecule has 3 nitrogen and oxygen atoms in total. The number of methoxy groups -OCH3 is 1. The largest absolute Gasteiger partial charge is 0.497 e. The summed E-state index contributed by atoms with van der Waals surface area (Å²) in [6.45, 7) is 2.83. The summed E-state index contributed by atoms with van der Waals surface area (Å²) >= 11 is 0. The second kappa shape index (κ2) is 3.95. The Bertz CT molecular complexity index is 474. The van der Waals surface area contributed by atoms with Crippen molar-refractivity contribution in [2.45, 2.75) is 13.5 Å². The number of hydrogen-bond donors (Lipinski definition) is 1. The standard InChI is InChI=1S/C12H15NO2/c1-8-10-5-4-9(14-3)6-11(10)15-12(8)7-13-2/h4-6,13H,7H2,1-3H3. The second-order valence-electron chi connectivity index (χ2n) is 3.54. The summed E-state index contributed by atoms with van der Waals surface area (Å²) in [6.07, 6.45) is 0. The minimum absolute atomic E-state index is 0.753. The van der Waals surface area contributed by atoms with Crippen LogP contribution in [0.1, 0.15) is 11.3 Å². The van der Waals surface area contributed by atoms with E-state index >= 15 is 0 Å². The molecule has 1 aromatic heterocycles. The maximum atomic E-state index is 5.74. The third kappa shape index (κ3) is 1.70. The van der Waals surface area contributed by atoms with Crippen molar-refractivity contribution in [3.05, 3.63) is 29.5 Å². The Balaban J connectivity index is 2.55. The smallest absolute Gasteiger partial charge is 0.138 e. The summed E-state index contributed by atoms with van der Waals surface area (Å²) in [7, 11) is 3.57. The Hall–Kier alpha value is -1.48. The van der Waals surface area contributed by atoms with Gasteiger partial charge in [-0.25, -0.2) is 0 Å². The monoisotopic (exact) mass is 205 g/mol. The molecule has 0 unspecified atom stereocenters. The van der Waals surface area contributed by atoms with E-state index in [-0.39, 0.29) is 0 Å². The van der Waals surface area contributed by atoms with Crippen molar-refractivity contribution in [3.8, 4) is 5.75 Å². The van der Waals surface area contributed by atoms with Crippen LogP contribution in [0.15, 0.2) is 22.6 Å². The third-order valence-corrected chi connectivity index (χ3v) is 2.58. The highest BCUT2D eigenvalue weighted by Gasteiger charge is 2.09. The first-order valence-electron chi connectivity index (χ1n) is 4.97. The lowest BCUT2D eigenvalue weighted by atomic mass is 10.1. The van der Waals surface area contributed by atoms with E-state index < -0.39 is 0 Å². The molecule has 0 spiro atoms. The molecule has 0 fully saturated rings. The lowest BCUT2D eigenvalue weighted by molar-refractivity contribution is 0.414. The SMILES string of the molecule is CNCc1oc2cc(OC)ccc2c1C. The van der Waals surface area contributed by atoms with Crippen molar-refractivity contribution < 1.29 is 9.15 Å². The Morgan fingerprint density at radius 2 is 2.20 bits per heavy atom. The van der Waals surface area contributed by atoms with Gasteiger partial charge < -0.3 is 14.5 Å². The summed E-state index contributed by atoms with van der Waals surface area (Å²) in [6, 6.07) is 5.90. The molecule has 0 saturated carbocycles. The highest BCUT2D eigenvalue weighted by Crippen LogP contribution is 2.28. The molecular weight excluding hydrogens is 190 g/mol. The minimum Gasteiger partial charge on any atom is -0.497 e. The van der Waals surface area contributed by atoms with Crippen molar-refractivity contribution in [2.24, 2.45) is 0 Å². The summed E-state index contributed by atoms with van der Waals surface area (Å²) < 4.78 is 10.9. The molecule has 0 saturated heterocycles. The number of hydrogen-bond acceptors (Lipinski definition) is 3. The molecule has 0 aliphatic heterocycles. The van der Waals surface area contributed by atoms with Crippen LogP contribution >= 0.6 is 0 Å². The normalized spacial score (nSPS) is 10.9. The second-order valence-corrected chi connectivity index (χ2v) is 3.54. The lowest BCUT2D eigenvalue weighted by Crippen LogP contribution is -2.04. The first-order chi connectivity index (χ1) is 7.26. The average molecular weight is 205 g/mol. The highest BCUT2D eigenvalue weighted by atomic mass is 16.5. The Morgan fingerprint density at radius 1 is 1.40 bits per heavy atom. The van der Waals surface area contributed by atoms with Crippen molar-refractivity contribution >= 4 is 11.0 Å². The summed E-state index contributed by atoms with van der Waals surface area (Å²) in [4.78, 5) is 0. The van der Waals surface area contributed by atoms with Crippen LogP contribution in [0, 0.1) is 6.92 Å². The van der Waals surface area contributed by atoms with Gasteiger partial charge >= 0.3 is 0 Å². The van der Waals surface area contributed by atoms with Crippen LogP contribution < -0.4 is 10.1 Å². The van der Waals surface area contributed by atoms with E-state index in [2.05, 4.69) is 12.2 Å². The van der Waals surface area contributed by atoms with Crippen LogP contribution in [-0.4, -0.2) is 14.2 Å². The Labute approximate surface area is 89.0 Å². The molecule has 3 heteroatoms. The van der Waals surface area contributed by atoms with Crippen molar-refractivity contribution in [1.82, 2.24) is 5.32 Å². The molecule has 0 amide bonds. The Kier molecular flexibility index (Phi) is 2.64. The molecule has 0 atom stereocenters. The zero-order valence-corrected chi connectivity index (χ0v) is 9.26. The van der Waals surface area contributed by atoms with Crippen molar-refractivity contribution in [2.75, 3.05) is 14.2 Å². The van der Waals surface area contributed by atoms with E-state index in [9.17, 15) is 0 Å². The molecule has 1 aromatic carbocycles. The lowest BCUT2D eigenvalue weighted by Gasteiger charge is -1.97. The van der Waals surface area contributed by atoms with Crippen LogP contribution in [-0.2, 0) is 6.54 Å². The molecule has 0 bridgehead atoms. The minimum atomic E-state index is 0.753. The number of aryl methyl sites for hydroxylation is 1. The van der Waals surface area contributed by atoms with E-state index in [4.69, 9.17) is 9.15 Å². The molecule has 15 heavy (non-hydrogen) atoms. The van der Waals surface area contributed by atoms with Gasteiger partial charge in [0.1, 0.15) is 17.1 Å². The van der Waals surface area contributed by atoms with Crippen molar-refractivity contribution in [1.29, 1.82) is 0 Å². The maximum Gasteiger partial charge on any atom is 0.138 e. The molecule has 80 valence electrons. The number of fused-ring (bicyclic) bond motifs is 1. The van der Waals surface area contributed by atoms with E-state index in [0.717, 1.165) is 29.0 Å². The van der Waals surface area contributed by atoms with E-state index in [1.165, 1.54) is 5.56 Å². The zero-order valence-electron chi connectivity index (χ0n) is 9.26. The summed E-state index contributed by atoms with van der Waals surface area (Å²) in [5.41, 5.74) is 2.08. The van der Waals surface area contributed by atoms with Gasteiger partial charge in [-0.2, -0.15) is 0 Å². The van der Waals surface area contributed by atoms with Gasteiger partial charge in [-0.1, -0.05) is 0 Å². The molecule has 1 N–H and O–H groups in total. The van der Waals surface area contributed by atoms with Gasteiger partial charge in [0.05, 0.1) is 13.7 Å². The fraction of sp³-hybridized carbons (Fsp3) is 0.333. The fourth-order valence-corrected chi connectivity index (χ4v) is 1.71.